The molecule has 0 aliphatic heterocycles. The first kappa shape index (κ1) is 8.69. The Morgan fingerprint density at radius 1 is 0.385 bits per heavy atom. The summed E-state index contributed by atoms with van der Waals surface area (Å²) in [6.07, 6.45) is 0. The molecule has 1 nitrogen and oxygen atoms in total. The summed E-state index contributed by atoms with van der Waals surface area (Å²) in [4.78, 5) is 0. The smallest absolute Gasteiger partial charge is 0.143 e. The minimum Gasteiger partial charge on any atom is -0.455 e. The van der Waals surface area contributed by atoms with E-state index in [0.717, 1.165) is 0 Å². The van der Waals surface area contributed by atoms with Crippen molar-refractivity contribution in [1.29, 1.82) is 0 Å². The zero-order valence-electron chi connectivity index (χ0n) is 43.4. The summed E-state index contributed by atoms with van der Waals surface area (Å²) >= 11 is 0. The average molecular weight is 521 g/mol. The molecule has 182 valence electrons. The van der Waals surface area contributed by atoms with Crippen molar-refractivity contribution >= 4 is 43.5 Å². The van der Waals surface area contributed by atoms with E-state index in [1.165, 1.54) is 0 Å². The molecule has 8 aromatic rings. The molecule has 8 rings (SSSR count). The number of fused-ring (bicyclic) bond motifs is 5. The predicted molar refractivity (Wildman–Crippen MR) is 165 cm³/mol. The van der Waals surface area contributed by atoms with Crippen LogP contribution in [-0.2, 0) is 0 Å². The molecule has 7 aromatic carbocycles. The quantitative estimate of drug-likeness (QED) is 0.211. The highest BCUT2D eigenvalue weighted by Crippen LogP contribution is 2.45. The van der Waals surface area contributed by atoms with E-state index in [2.05, 4.69) is 0 Å². The number of hydrogen-bond acceptors (Lipinski definition) is 1. The van der Waals surface area contributed by atoms with Crippen LogP contribution < -0.4 is 0 Å². The Bertz CT molecular complexity index is 3360. The van der Waals surface area contributed by atoms with E-state index in [1.807, 2.05) is 0 Å². The molecule has 39 heavy (non-hydrogen) atoms. The Hall–Kier alpha value is -5.14. The van der Waals surface area contributed by atoms with Crippen molar-refractivity contribution in [2.45, 2.75) is 0 Å². The van der Waals surface area contributed by atoms with Gasteiger partial charge in [0.15, 0.2) is 0 Å². The lowest BCUT2D eigenvalue weighted by Crippen LogP contribution is -1.90. The van der Waals surface area contributed by atoms with Crippen LogP contribution in [0.1, 0.15) is 32.9 Å². The van der Waals surface area contributed by atoms with Crippen molar-refractivity contribution < 1.29 is 37.3 Å². The van der Waals surface area contributed by atoms with Crippen molar-refractivity contribution in [2.24, 2.45) is 0 Å². The maximum absolute atomic E-state index is 9.61. The molecule has 0 aliphatic carbocycles. The molecule has 1 heterocycles. The summed E-state index contributed by atoms with van der Waals surface area (Å²) in [7, 11) is 0. The lowest BCUT2D eigenvalue weighted by molar-refractivity contribution is 0.670. The summed E-state index contributed by atoms with van der Waals surface area (Å²) < 4.78 is 217. The predicted octanol–water partition coefficient (Wildman–Crippen LogP) is 10.9. The minimum atomic E-state index is -0.946. The van der Waals surface area contributed by atoms with Gasteiger partial charge in [-0.2, -0.15) is 0 Å². The van der Waals surface area contributed by atoms with E-state index in [0.29, 0.717) is 0 Å². The van der Waals surface area contributed by atoms with Gasteiger partial charge >= 0.3 is 0 Å². The Balaban J connectivity index is 1.70. The van der Waals surface area contributed by atoms with Crippen LogP contribution in [-0.4, -0.2) is 0 Å². The van der Waals surface area contributed by atoms with Gasteiger partial charge in [0.2, 0.25) is 0 Å². The van der Waals surface area contributed by atoms with Gasteiger partial charge in [0, 0.05) is 16.3 Å². The van der Waals surface area contributed by atoms with Gasteiger partial charge in [-0.1, -0.05) is 133 Å². The molecule has 0 amide bonds. The zero-order valence-corrected chi connectivity index (χ0v) is 19.4. The highest BCUT2D eigenvalue weighted by atomic mass is 16.3. The van der Waals surface area contributed by atoms with Crippen LogP contribution >= 0.6 is 0 Å². The van der Waals surface area contributed by atoms with Crippen LogP contribution in [0.2, 0.25) is 0 Å². The molecule has 0 unspecified atom stereocenters. The SMILES string of the molecule is [2H]c1c([2H])c([2H])c(-c2c([2H])c([2H])c([2H])c3c2oc2c([2H])c(-c4c5c([2H])c([2H])c([2H])c([2H])c5c(-c5c([2H])c([2H])c([2H])c([2H])c5[2H])c5c([2H])c([2H])c([2H])c([2H])c45)c([2H])c([2H])c23)c([2H])c1[2H]. The molecule has 0 N–H and O–H groups in total. The van der Waals surface area contributed by atoms with Crippen molar-refractivity contribution in [2.75, 3.05) is 0 Å². The van der Waals surface area contributed by atoms with Gasteiger partial charge in [-0.3, -0.25) is 0 Å². The highest BCUT2D eigenvalue weighted by molar-refractivity contribution is 6.22. The number of furan rings is 1. The first-order valence-electron chi connectivity index (χ1n) is 23.4. The Morgan fingerprint density at radius 2 is 0.897 bits per heavy atom. The summed E-state index contributed by atoms with van der Waals surface area (Å²) in [5.74, 6) is 0. The maximum atomic E-state index is 9.61. The Labute approximate surface area is 260 Å². The standard InChI is InChI=1S/C38H24O/c1-3-12-25(13-4-1)28-20-11-21-34-29-23-22-27(24-35(29)39-38(28)34)37-32-18-9-7-16-30(32)36(26-14-5-2-6-15-26)31-17-8-10-19-33(31)37/h1-24H/i1D,2D,3D,4D,5D,6D,7D,8D,9D,10D,11D,12D,13D,14D,15D,16D,17D,18D,19D,20D,21D,22D,23D,24D. The number of benzene rings is 7. The zero-order chi connectivity index (χ0) is 46.6. The molecule has 1 heteroatoms. The lowest BCUT2D eigenvalue weighted by atomic mass is 9.86. The Kier molecular flexibility index (Phi) is 1.94. The van der Waals surface area contributed by atoms with E-state index >= 15 is 0 Å². The second-order valence-corrected chi connectivity index (χ2v) is 8.26. The van der Waals surface area contributed by atoms with Crippen LogP contribution in [0.15, 0.2) is 149 Å². The number of para-hydroxylation sites is 1. The first-order chi connectivity index (χ1) is 29.3. The van der Waals surface area contributed by atoms with Gasteiger partial charge in [-0.15, -0.1) is 0 Å². The van der Waals surface area contributed by atoms with Gasteiger partial charge in [0.25, 0.3) is 0 Å². The van der Waals surface area contributed by atoms with Crippen LogP contribution in [0.25, 0.3) is 76.9 Å². The summed E-state index contributed by atoms with van der Waals surface area (Å²) in [6, 6.07) is -21.0. The molecular formula is C38H24O. The van der Waals surface area contributed by atoms with Crippen LogP contribution in [0, 0.1) is 0 Å². The van der Waals surface area contributed by atoms with Gasteiger partial charge in [-0.05, 0) is 61.4 Å². The fraction of sp³-hybridized carbons (Fsp3) is 0. The summed E-state index contributed by atoms with van der Waals surface area (Å²) in [5.41, 5.74) is -5.20. The third-order valence-electron chi connectivity index (χ3n) is 6.19. The van der Waals surface area contributed by atoms with E-state index in [4.69, 9.17) is 30.5 Å². The van der Waals surface area contributed by atoms with Crippen LogP contribution in [0.5, 0.6) is 0 Å². The van der Waals surface area contributed by atoms with Gasteiger partial charge in [0.05, 0.1) is 32.9 Å². The van der Waals surface area contributed by atoms with E-state index in [9.17, 15) is 6.85 Å². The van der Waals surface area contributed by atoms with E-state index < -0.39 is 222 Å². The molecular weight excluding hydrogens is 472 g/mol. The van der Waals surface area contributed by atoms with Crippen molar-refractivity contribution in [3.63, 3.8) is 0 Å². The third-order valence-corrected chi connectivity index (χ3v) is 6.19. The van der Waals surface area contributed by atoms with Crippen molar-refractivity contribution in [3.05, 3.63) is 145 Å². The average Bonchev–Trinajstić information content (AvgIpc) is 3.66. The van der Waals surface area contributed by atoms with E-state index in [1.54, 1.807) is 0 Å². The fourth-order valence-corrected chi connectivity index (χ4v) is 4.59. The third kappa shape index (κ3) is 3.41. The molecule has 0 radical (unpaired) electrons. The summed E-state index contributed by atoms with van der Waals surface area (Å²) in [5, 5.41) is -3.56. The second-order valence-electron chi connectivity index (χ2n) is 8.26. The van der Waals surface area contributed by atoms with Crippen molar-refractivity contribution in [1.82, 2.24) is 0 Å². The molecule has 0 saturated heterocycles. The monoisotopic (exact) mass is 520 g/mol. The molecule has 0 aliphatic rings. The Morgan fingerprint density at radius 3 is 1.51 bits per heavy atom. The normalized spacial score (nSPS) is 20.2. The number of rotatable bonds is 3. The number of hydrogen-bond donors (Lipinski definition) is 0. The topological polar surface area (TPSA) is 13.1 Å². The van der Waals surface area contributed by atoms with Gasteiger partial charge in [-0.25, -0.2) is 0 Å². The molecule has 1 aromatic heterocycles. The highest BCUT2D eigenvalue weighted by Gasteiger charge is 2.18. The first-order valence-corrected chi connectivity index (χ1v) is 11.4. The molecule has 0 spiro atoms. The van der Waals surface area contributed by atoms with Crippen LogP contribution in [0.3, 0.4) is 0 Å². The lowest BCUT2D eigenvalue weighted by Gasteiger charge is -2.17. The molecule has 0 atom stereocenters. The minimum absolute atomic E-state index is 0.471. The molecule has 0 bridgehead atoms. The maximum Gasteiger partial charge on any atom is 0.143 e. The van der Waals surface area contributed by atoms with Crippen LogP contribution in [0.4, 0.5) is 0 Å². The fourth-order valence-electron chi connectivity index (χ4n) is 4.59. The summed E-state index contributed by atoms with van der Waals surface area (Å²) in [6.45, 7) is 0. The second kappa shape index (κ2) is 8.72. The van der Waals surface area contributed by atoms with Crippen molar-refractivity contribution in [3.8, 4) is 33.4 Å². The van der Waals surface area contributed by atoms with Gasteiger partial charge < -0.3 is 4.42 Å². The molecule has 0 saturated carbocycles. The van der Waals surface area contributed by atoms with Gasteiger partial charge in [0.1, 0.15) is 11.2 Å². The largest absolute Gasteiger partial charge is 0.455 e. The van der Waals surface area contributed by atoms with E-state index in [-0.39, 0.29) is 0 Å². The molecule has 0 fully saturated rings.